The molecule has 2 atom stereocenters. The van der Waals surface area contributed by atoms with Crippen LogP contribution in [-0.4, -0.2) is 12.3 Å². The van der Waals surface area contributed by atoms with Crippen molar-refractivity contribution in [2.24, 2.45) is 0 Å². The van der Waals surface area contributed by atoms with E-state index in [0.717, 1.165) is 25.7 Å². The molecule has 14 rings (SSSR count). The van der Waals surface area contributed by atoms with E-state index in [0.29, 0.717) is 0 Å². The molecular weight excluding hydrogens is 1050 g/mol. The van der Waals surface area contributed by atoms with Crippen LogP contribution in [0.1, 0.15) is 220 Å². The summed E-state index contributed by atoms with van der Waals surface area (Å²) in [5.41, 5.74) is 32.1. The molecule has 6 aliphatic rings. The summed E-state index contributed by atoms with van der Waals surface area (Å²) in [4.78, 5) is 8.43. The number of aryl methyl sites for hydroxylation is 1. The number of hydrogen-bond donors (Lipinski definition) is 0. The number of nitrogens with zero attached hydrogens (tertiary/aromatic N) is 3. The molecule has 0 aromatic heterocycles. The molecule has 4 heteroatoms. The first-order valence-electron chi connectivity index (χ1n) is 33.2. The van der Waals surface area contributed by atoms with Gasteiger partial charge in [-0.15, -0.1) is 0 Å². The summed E-state index contributed by atoms with van der Waals surface area (Å²) in [5, 5.41) is 0. The standard InChI is InChI=1S/C83H96BN3/c1-51-40-60-62(80(15,16)49-78(60,11)12)47-70(51)86-69-37-34-57(77(8,9)10)43-65(69)84-66-46-61-63(81(17,18)50-79(61,13)14)48-71(66)85(67-36-33-56(76(5,6)7)42-59(67)53-26-22-21-23-27-53)72-44-58(45-73(86)74(72)84)87-68-35-30-54(52-28-31-55(32-29-52)75(2,3)4)41-64(68)82(19)38-24-25-39-83(82,87)20/h21-23,26-37,40-48H,24-25,38-39,49-50H2,1-20H3. The molecule has 0 amide bonds. The van der Waals surface area contributed by atoms with Crippen LogP contribution in [0.2, 0.25) is 0 Å². The van der Waals surface area contributed by atoms with E-state index in [-0.39, 0.29) is 55.6 Å². The van der Waals surface area contributed by atoms with Crippen LogP contribution in [0.4, 0.5) is 45.5 Å². The third-order valence-electron chi connectivity index (χ3n) is 23.0. The Morgan fingerprint density at radius 2 is 0.862 bits per heavy atom. The summed E-state index contributed by atoms with van der Waals surface area (Å²) in [6.45, 7) is 48.8. The smallest absolute Gasteiger partial charge is 0.252 e. The lowest BCUT2D eigenvalue weighted by atomic mass is 9.33. The minimum absolute atomic E-state index is 0.00487. The average molecular weight is 1150 g/mol. The second-order valence-electron chi connectivity index (χ2n) is 34.1. The maximum atomic E-state index is 2.88. The lowest BCUT2D eigenvalue weighted by molar-refractivity contribution is 0.195. The molecule has 0 spiro atoms. The predicted molar refractivity (Wildman–Crippen MR) is 376 cm³/mol. The van der Waals surface area contributed by atoms with Crippen LogP contribution in [0, 0.1) is 6.92 Å². The molecule has 1 fully saturated rings. The summed E-state index contributed by atoms with van der Waals surface area (Å²) in [6.07, 6.45) is 6.89. The largest absolute Gasteiger partial charge is 0.334 e. The van der Waals surface area contributed by atoms with Crippen molar-refractivity contribution in [2.75, 3.05) is 14.7 Å². The Morgan fingerprint density at radius 3 is 1.46 bits per heavy atom. The summed E-state index contributed by atoms with van der Waals surface area (Å²) in [7, 11) is 0. The van der Waals surface area contributed by atoms with E-state index in [4.69, 9.17) is 0 Å². The summed E-state index contributed by atoms with van der Waals surface area (Å²) >= 11 is 0. The van der Waals surface area contributed by atoms with Crippen LogP contribution in [0.25, 0.3) is 22.3 Å². The lowest BCUT2D eigenvalue weighted by Gasteiger charge is -2.51. The van der Waals surface area contributed by atoms with Gasteiger partial charge in [-0.05, 0) is 215 Å². The van der Waals surface area contributed by atoms with Gasteiger partial charge in [-0.25, -0.2) is 0 Å². The second-order valence-corrected chi connectivity index (χ2v) is 34.1. The van der Waals surface area contributed by atoms with Crippen molar-refractivity contribution in [3.63, 3.8) is 0 Å². The molecule has 1 saturated carbocycles. The van der Waals surface area contributed by atoms with Gasteiger partial charge in [0, 0.05) is 50.8 Å². The van der Waals surface area contributed by atoms with Crippen LogP contribution in [-0.2, 0) is 43.3 Å². The van der Waals surface area contributed by atoms with Gasteiger partial charge in [0.25, 0.3) is 6.71 Å². The first kappa shape index (κ1) is 57.9. The highest BCUT2D eigenvalue weighted by Gasteiger charge is 2.59. The van der Waals surface area contributed by atoms with Gasteiger partial charge in [-0.3, -0.25) is 0 Å². The molecule has 87 heavy (non-hydrogen) atoms. The Bertz CT molecular complexity index is 4170. The second kappa shape index (κ2) is 18.7. The molecule has 446 valence electrons. The highest BCUT2D eigenvalue weighted by atomic mass is 15.3. The van der Waals surface area contributed by atoms with Crippen molar-refractivity contribution in [2.45, 2.75) is 226 Å². The zero-order valence-corrected chi connectivity index (χ0v) is 56.5. The van der Waals surface area contributed by atoms with E-state index in [1.165, 1.54) is 147 Å². The third-order valence-corrected chi connectivity index (χ3v) is 23.0. The fraction of sp³-hybridized carbons (Fsp3) is 0.422. The summed E-state index contributed by atoms with van der Waals surface area (Å²) in [5.74, 6) is 0. The van der Waals surface area contributed by atoms with Gasteiger partial charge in [-0.1, -0.05) is 228 Å². The molecule has 2 unspecified atom stereocenters. The Balaban J connectivity index is 1.13. The van der Waals surface area contributed by atoms with E-state index >= 15 is 0 Å². The molecule has 0 bridgehead atoms. The molecular formula is C83H96BN3. The van der Waals surface area contributed by atoms with E-state index in [1.807, 2.05) is 0 Å². The predicted octanol–water partition coefficient (Wildman–Crippen LogP) is 21.0. The van der Waals surface area contributed by atoms with E-state index < -0.39 is 0 Å². The van der Waals surface area contributed by atoms with Crippen molar-refractivity contribution in [3.05, 3.63) is 196 Å². The fourth-order valence-electron chi connectivity index (χ4n) is 18.4. The molecule has 3 aliphatic carbocycles. The average Bonchev–Trinajstić information content (AvgIpc) is 1.69. The van der Waals surface area contributed by atoms with Gasteiger partial charge >= 0.3 is 0 Å². The molecule has 0 radical (unpaired) electrons. The van der Waals surface area contributed by atoms with Gasteiger partial charge in [0.15, 0.2) is 0 Å². The molecule has 8 aromatic rings. The van der Waals surface area contributed by atoms with E-state index in [9.17, 15) is 0 Å². The number of benzene rings is 8. The minimum atomic E-state index is -0.210. The Labute approximate surface area is 524 Å². The minimum Gasteiger partial charge on any atom is -0.334 e. The van der Waals surface area contributed by atoms with Gasteiger partial charge in [0.1, 0.15) is 0 Å². The molecule has 0 N–H and O–H groups in total. The van der Waals surface area contributed by atoms with Crippen molar-refractivity contribution >= 4 is 68.6 Å². The van der Waals surface area contributed by atoms with Crippen LogP contribution >= 0.6 is 0 Å². The van der Waals surface area contributed by atoms with Crippen LogP contribution in [0.5, 0.6) is 0 Å². The van der Waals surface area contributed by atoms with Crippen LogP contribution < -0.4 is 31.1 Å². The topological polar surface area (TPSA) is 9.72 Å². The maximum absolute atomic E-state index is 2.88. The Hall–Kier alpha value is -6.78. The molecule has 3 nitrogen and oxygen atoms in total. The van der Waals surface area contributed by atoms with Crippen molar-refractivity contribution in [1.82, 2.24) is 0 Å². The zero-order valence-electron chi connectivity index (χ0n) is 56.5. The molecule has 0 saturated heterocycles. The normalized spacial score (nSPS) is 21.7. The first-order valence-corrected chi connectivity index (χ1v) is 33.2. The number of fused-ring (bicyclic) bond motifs is 9. The van der Waals surface area contributed by atoms with E-state index in [2.05, 4.69) is 299 Å². The molecule has 8 aromatic carbocycles. The Kier molecular flexibility index (Phi) is 12.4. The lowest BCUT2D eigenvalue weighted by Crippen LogP contribution is -2.62. The van der Waals surface area contributed by atoms with Crippen LogP contribution in [0.15, 0.2) is 146 Å². The number of anilines is 8. The van der Waals surface area contributed by atoms with Gasteiger partial charge in [0.05, 0.1) is 11.2 Å². The van der Waals surface area contributed by atoms with Gasteiger partial charge < -0.3 is 14.7 Å². The number of rotatable bonds is 5. The van der Waals surface area contributed by atoms with Crippen LogP contribution in [0.3, 0.4) is 0 Å². The summed E-state index contributed by atoms with van der Waals surface area (Å²) in [6, 6.07) is 59.4. The maximum Gasteiger partial charge on any atom is 0.252 e. The monoisotopic (exact) mass is 1150 g/mol. The quantitative estimate of drug-likeness (QED) is 0.159. The van der Waals surface area contributed by atoms with Crippen molar-refractivity contribution in [3.8, 4) is 22.3 Å². The Morgan fingerprint density at radius 1 is 0.379 bits per heavy atom. The van der Waals surface area contributed by atoms with Gasteiger partial charge in [0.2, 0.25) is 0 Å². The van der Waals surface area contributed by atoms with E-state index in [1.54, 1.807) is 0 Å². The van der Waals surface area contributed by atoms with Gasteiger partial charge in [-0.2, -0.15) is 0 Å². The fourth-order valence-corrected chi connectivity index (χ4v) is 18.4. The zero-order chi connectivity index (χ0) is 61.9. The highest BCUT2D eigenvalue weighted by Crippen LogP contribution is 2.63. The number of hydrogen-bond acceptors (Lipinski definition) is 3. The van der Waals surface area contributed by atoms with Crippen molar-refractivity contribution < 1.29 is 0 Å². The third kappa shape index (κ3) is 8.61. The first-order chi connectivity index (χ1) is 40.6. The molecule has 3 aliphatic heterocycles. The molecule has 3 heterocycles. The van der Waals surface area contributed by atoms with Crippen molar-refractivity contribution in [1.29, 1.82) is 0 Å². The summed E-state index contributed by atoms with van der Waals surface area (Å²) < 4.78 is 0. The SMILES string of the molecule is Cc1cc2c(cc1N1c3ccc(C(C)(C)C)cc3B3c4cc5c(cc4N(c4ccc(C(C)(C)C)cc4-c4ccccc4)c4cc(N6c7ccc(-c8ccc(C(C)(C)C)cc8)cc7C7(C)CCCCC67C)cc1c43)C(C)(C)CC5(C)C)C(C)(C)CC2(C)C. The highest BCUT2D eigenvalue weighted by molar-refractivity contribution is 7.00.